The number of nitrogens with two attached hydrogens (primary N) is 1. The van der Waals surface area contributed by atoms with E-state index in [-0.39, 0.29) is 5.41 Å². The molecule has 0 aliphatic rings. The largest absolute Gasteiger partial charge is 0.399 e. The zero-order chi connectivity index (χ0) is 13.2. The molecule has 0 aromatic heterocycles. The molecule has 0 saturated heterocycles. The molecule has 0 aliphatic carbocycles. The van der Waals surface area contributed by atoms with Gasteiger partial charge in [0.2, 0.25) is 0 Å². The number of hydrogen-bond acceptors (Lipinski definition) is 1. The van der Waals surface area contributed by atoms with Crippen LogP contribution in [0.3, 0.4) is 0 Å². The van der Waals surface area contributed by atoms with Crippen molar-refractivity contribution in [2.24, 2.45) is 5.41 Å². The third-order valence-electron chi connectivity index (χ3n) is 3.27. The van der Waals surface area contributed by atoms with Gasteiger partial charge in [-0.15, -0.1) is 0 Å². The monoisotopic (exact) mass is 239 g/mol. The van der Waals surface area contributed by atoms with Crippen LogP contribution in [0.25, 0.3) is 0 Å². The highest BCUT2D eigenvalue weighted by molar-refractivity contribution is 5.43. The first-order chi connectivity index (χ1) is 8.48. The fraction of sp³-hybridized carbons (Fsp3) is 0.294. The summed E-state index contributed by atoms with van der Waals surface area (Å²) in [6.07, 6.45) is 0. The molecule has 18 heavy (non-hydrogen) atoms. The van der Waals surface area contributed by atoms with Crippen molar-refractivity contribution in [1.82, 2.24) is 0 Å². The summed E-state index contributed by atoms with van der Waals surface area (Å²) in [7, 11) is 0. The van der Waals surface area contributed by atoms with E-state index in [0.717, 1.165) is 5.69 Å². The third-order valence-corrected chi connectivity index (χ3v) is 3.27. The lowest BCUT2D eigenvalue weighted by molar-refractivity contribution is 0.358. The first-order valence-corrected chi connectivity index (χ1v) is 6.39. The maximum Gasteiger partial charge on any atom is 0.0314 e. The van der Waals surface area contributed by atoms with Crippen LogP contribution >= 0.6 is 0 Å². The minimum Gasteiger partial charge on any atom is -0.399 e. The Morgan fingerprint density at radius 2 is 1.28 bits per heavy atom. The molecule has 0 amide bonds. The van der Waals surface area contributed by atoms with Crippen LogP contribution in [-0.2, 0) is 0 Å². The highest BCUT2D eigenvalue weighted by Gasteiger charge is 2.27. The van der Waals surface area contributed by atoms with Gasteiger partial charge in [0.25, 0.3) is 0 Å². The van der Waals surface area contributed by atoms with Gasteiger partial charge in [-0.1, -0.05) is 63.2 Å². The molecule has 2 aromatic carbocycles. The van der Waals surface area contributed by atoms with Crippen LogP contribution in [0.1, 0.15) is 37.8 Å². The molecule has 0 aliphatic heterocycles. The molecule has 94 valence electrons. The maximum atomic E-state index is 5.77. The van der Waals surface area contributed by atoms with Crippen LogP contribution in [0, 0.1) is 5.41 Å². The van der Waals surface area contributed by atoms with E-state index in [1.807, 2.05) is 12.1 Å². The van der Waals surface area contributed by atoms with E-state index in [0.29, 0.717) is 5.92 Å². The molecule has 1 atom stereocenters. The second kappa shape index (κ2) is 4.85. The van der Waals surface area contributed by atoms with Crippen molar-refractivity contribution in [2.75, 3.05) is 5.73 Å². The first kappa shape index (κ1) is 12.7. The van der Waals surface area contributed by atoms with Crippen molar-refractivity contribution < 1.29 is 0 Å². The Morgan fingerprint density at radius 1 is 0.778 bits per heavy atom. The highest BCUT2D eigenvalue weighted by atomic mass is 14.5. The first-order valence-electron chi connectivity index (χ1n) is 6.39. The molecule has 0 bridgehead atoms. The van der Waals surface area contributed by atoms with Crippen LogP contribution in [0.4, 0.5) is 5.69 Å². The van der Waals surface area contributed by atoms with E-state index in [2.05, 4.69) is 63.2 Å². The Labute approximate surface area is 110 Å². The summed E-state index contributed by atoms with van der Waals surface area (Å²) < 4.78 is 0. The maximum absolute atomic E-state index is 5.77. The Bertz CT molecular complexity index is 491. The van der Waals surface area contributed by atoms with E-state index in [4.69, 9.17) is 5.73 Å². The normalized spacial score (nSPS) is 13.3. The molecule has 0 fully saturated rings. The molecular formula is C17H21N. The van der Waals surface area contributed by atoms with E-state index in [9.17, 15) is 0 Å². The summed E-state index contributed by atoms with van der Waals surface area (Å²) >= 11 is 0. The van der Waals surface area contributed by atoms with Crippen molar-refractivity contribution in [1.29, 1.82) is 0 Å². The molecule has 2 N–H and O–H groups in total. The molecule has 0 radical (unpaired) electrons. The summed E-state index contributed by atoms with van der Waals surface area (Å²) in [5, 5.41) is 0. The molecule has 1 heteroatoms. The lowest BCUT2D eigenvalue weighted by atomic mass is 9.72. The molecule has 1 unspecified atom stereocenters. The van der Waals surface area contributed by atoms with Crippen LogP contribution in [0.15, 0.2) is 54.6 Å². The smallest absolute Gasteiger partial charge is 0.0314 e. The van der Waals surface area contributed by atoms with Crippen molar-refractivity contribution >= 4 is 5.69 Å². The quantitative estimate of drug-likeness (QED) is 0.770. The van der Waals surface area contributed by atoms with Gasteiger partial charge in [-0.3, -0.25) is 0 Å². The molecular weight excluding hydrogens is 218 g/mol. The highest BCUT2D eigenvalue weighted by Crippen LogP contribution is 2.40. The SMILES string of the molecule is CC(C)(C)C(c1ccccc1)c1ccc(N)cc1. The zero-order valence-corrected chi connectivity index (χ0v) is 11.4. The minimum absolute atomic E-state index is 0.178. The molecule has 0 spiro atoms. The summed E-state index contributed by atoms with van der Waals surface area (Å²) in [5.74, 6) is 0.388. The average Bonchev–Trinajstić information content (AvgIpc) is 2.32. The molecule has 1 nitrogen and oxygen atoms in total. The van der Waals surface area contributed by atoms with Gasteiger partial charge in [-0.25, -0.2) is 0 Å². The molecule has 0 heterocycles. The third kappa shape index (κ3) is 2.73. The number of nitrogen functional groups attached to an aromatic ring is 1. The van der Waals surface area contributed by atoms with E-state index < -0.39 is 0 Å². The average molecular weight is 239 g/mol. The standard InChI is InChI=1S/C17H21N/c1-17(2,3)16(13-7-5-4-6-8-13)14-9-11-15(18)12-10-14/h4-12,16H,18H2,1-3H3. The number of rotatable bonds is 2. The number of benzene rings is 2. The Hall–Kier alpha value is -1.76. The van der Waals surface area contributed by atoms with E-state index in [1.54, 1.807) is 0 Å². The Kier molecular flexibility index (Phi) is 3.42. The summed E-state index contributed by atoms with van der Waals surface area (Å²) in [4.78, 5) is 0. The minimum atomic E-state index is 0.178. The van der Waals surface area contributed by atoms with Gasteiger partial charge in [-0.2, -0.15) is 0 Å². The van der Waals surface area contributed by atoms with Crippen molar-refractivity contribution in [2.45, 2.75) is 26.7 Å². The lowest BCUT2D eigenvalue weighted by Crippen LogP contribution is -2.19. The predicted molar refractivity (Wildman–Crippen MR) is 78.6 cm³/mol. The lowest BCUT2D eigenvalue weighted by Gasteiger charge is -2.31. The summed E-state index contributed by atoms with van der Waals surface area (Å²) in [6, 6.07) is 18.9. The molecule has 2 rings (SSSR count). The van der Waals surface area contributed by atoms with Gasteiger partial charge in [0.15, 0.2) is 0 Å². The van der Waals surface area contributed by atoms with Gasteiger partial charge in [0.05, 0.1) is 0 Å². The van der Waals surface area contributed by atoms with Crippen LogP contribution < -0.4 is 5.73 Å². The number of hydrogen-bond donors (Lipinski definition) is 1. The second-order valence-corrected chi connectivity index (χ2v) is 5.88. The van der Waals surface area contributed by atoms with Crippen LogP contribution in [-0.4, -0.2) is 0 Å². The van der Waals surface area contributed by atoms with Crippen molar-refractivity contribution in [3.8, 4) is 0 Å². The Balaban J connectivity index is 2.47. The predicted octanol–water partition coefficient (Wildman–Crippen LogP) is 4.45. The summed E-state index contributed by atoms with van der Waals surface area (Å²) in [6.45, 7) is 6.84. The van der Waals surface area contributed by atoms with Gasteiger partial charge < -0.3 is 5.73 Å². The number of anilines is 1. The van der Waals surface area contributed by atoms with Gasteiger partial charge in [0.1, 0.15) is 0 Å². The topological polar surface area (TPSA) is 26.0 Å². The fourth-order valence-electron chi connectivity index (χ4n) is 2.53. The molecule has 2 aromatic rings. The molecule has 0 saturated carbocycles. The Morgan fingerprint density at radius 3 is 1.78 bits per heavy atom. The second-order valence-electron chi connectivity index (χ2n) is 5.88. The van der Waals surface area contributed by atoms with Crippen LogP contribution in [0.2, 0.25) is 0 Å². The van der Waals surface area contributed by atoms with Crippen LogP contribution in [0.5, 0.6) is 0 Å². The van der Waals surface area contributed by atoms with Gasteiger partial charge in [0, 0.05) is 11.6 Å². The summed E-state index contributed by atoms with van der Waals surface area (Å²) in [5.41, 5.74) is 9.45. The van der Waals surface area contributed by atoms with E-state index in [1.165, 1.54) is 11.1 Å². The van der Waals surface area contributed by atoms with Gasteiger partial charge >= 0.3 is 0 Å². The zero-order valence-electron chi connectivity index (χ0n) is 11.4. The van der Waals surface area contributed by atoms with Crippen molar-refractivity contribution in [3.63, 3.8) is 0 Å². The van der Waals surface area contributed by atoms with Crippen molar-refractivity contribution in [3.05, 3.63) is 65.7 Å². The van der Waals surface area contributed by atoms with E-state index >= 15 is 0 Å². The fourth-order valence-corrected chi connectivity index (χ4v) is 2.53. The van der Waals surface area contributed by atoms with Gasteiger partial charge in [-0.05, 0) is 28.7 Å².